The largest absolute Gasteiger partial charge is 0.444 e. The molecular formula is C27H30ClN7O3. The minimum atomic E-state index is -0.778. The number of ether oxygens (including phenoxy) is 1. The van der Waals surface area contributed by atoms with Crippen molar-refractivity contribution in [3.8, 4) is 11.4 Å². The number of piperazine rings is 1. The first-order chi connectivity index (χ1) is 18.4. The molecule has 6 rings (SSSR count). The molecule has 0 unspecified atom stereocenters. The number of rotatable bonds is 6. The maximum atomic E-state index is 11.6. The summed E-state index contributed by atoms with van der Waals surface area (Å²) >= 11 is 6.58. The first-order valence-corrected chi connectivity index (χ1v) is 13.3. The molecule has 10 nitrogen and oxygen atoms in total. The van der Waals surface area contributed by atoms with E-state index in [4.69, 9.17) is 27.1 Å². The van der Waals surface area contributed by atoms with E-state index in [-0.39, 0.29) is 29.9 Å². The van der Waals surface area contributed by atoms with Crippen molar-refractivity contribution in [2.45, 2.75) is 32.0 Å². The second-order valence-electron chi connectivity index (χ2n) is 10.3. The first-order valence-electron chi connectivity index (χ1n) is 12.9. The fourth-order valence-electron chi connectivity index (χ4n) is 5.89. The van der Waals surface area contributed by atoms with Crippen molar-refractivity contribution in [2.24, 2.45) is 17.6 Å². The van der Waals surface area contributed by atoms with Gasteiger partial charge in [-0.05, 0) is 12.0 Å². The molecule has 0 spiro atoms. The zero-order chi connectivity index (χ0) is 26.4. The molecule has 3 aromatic rings. The van der Waals surface area contributed by atoms with Gasteiger partial charge < -0.3 is 25.7 Å². The van der Waals surface area contributed by atoms with Gasteiger partial charge in [0.1, 0.15) is 17.4 Å². The van der Waals surface area contributed by atoms with Crippen molar-refractivity contribution in [3.05, 3.63) is 53.2 Å². The van der Waals surface area contributed by atoms with E-state index >= 15 is 0 Å². The van der Waals surface area contributed by atoms with Gasteiger partial charge in [-0.15, -0.1) is 0 Å². The number of carbonyl (C=O) groups is 2. The summed E-state index contributed by atoms with van der Waals surface area (Å²) in [4.78, 5) is 39.9. The molecule has 2 amide bonds. The van der Waals surface area contributed by atoms with Gasteiger partial charge in [-0.1, -0.05) is 48.0 Å². The number of hydrogen-bond acceptors (Lipinski definition) is 7. The molecule has 1 aliphatic heterocycles. The summed E-state index contributed by atoms with van der Waals surface area (Å²) in [7, 11) is 0. The number of primary amides is 1. The number of benzene rings is 1. The zero-order valence-electron chi connectivity index (χ0n) is 21.1. The molecule has 4 atom stereocenters. The number of H-pyrrole nitrogens is 1. The third kappa shape index (κ3) is 4.69. The van der Waals surface area contributed by atoms with Gasteiger partial charge in [-0.3, -0.25) is 9.69 Å². The molecule has 198 valence electrons. The van der Waals surface area contributed by atoms with Crippen LogP contribution in [0.4, 0.5) is 10.5 Å². The van der Waals surface area contributed by atoms with Crippen molar-refractivity contribution in [3.63, 3.8) is 0 Å². The lowest BCUT2D eigenvalue weighted by Crippen LogP contribution is -2.47. The molecule has 2 fully saturated rings. The van der Waals surface area contributed by atoms with E-state index in [1.54, 1.807) is 13.1 Å². The predicted octanol–water partition coefficient (Wildman–Crippen LogP) is 3.39. The lowest BCUT2D eigenvalue weighted by atomic mass is 9.98. The lowest BCUT2D eigenvalue weighted by molar-refractivity contribution is -0.130. The van der Waals surface area contributed by atoms with Crippen LogP contribution >= 0.6 is 11.6 Å². The van der Waals surface area contributed by atoms with Gasteiger partial charge in [-0.2, -0.15) is 0 Å². The van der Waals surface area contributed by atoms with Crippen LogP contribution in [0.2, 0.25) is 5.02 Å². The Balaban J connectivity index is 1.20. The van der Waals surface area contributed by atoms with Crippen LogP contribution in [0.15, 0.2) is 42.6 Å². The Hall–Kier alpha value is -3.63. The standard InChI is InChI=1S/C27H30ClN7O3/c1-15(36)35-10-8-34(9-11-35)14-16-2-4-17(5-3-16)25-32-23-22(20(28)13-30-26(23)33-25)31-21-18-6-7-19(12-18)24(21)38-27(29)37/h2-7,13,18-19,21,24H,8-12,14H2,1H3,(H2,29,37)(H2,30,31,32,33)/t18-,19+,21+,24-/m0/s1. The van der Waals surface area contributed by atoms with Crippen molar-refractivity contribution in [1.29, 1.82) is 0 Å². The van der Waals surface area contributed by atoms with E-state index in [2.05, 4.69) is 44.5 Å². The maximum absolute atomic E-state index is 11.6. The van der Waals surface area contributed by atoms with Gasteiger partial charge in [0.15, 0.2) is 5.65 Å². The van der Waals surface area contributed by atoms with Crippen molar-refractivity contribution < 1.29 is 14.3 Å². The van der Waals surface area contributed by atoms with E-state index in [0.29, 0.717) is 27.7 Å². The quantitative estimate of drug-likeness (QED) is 0.412. The number of amides is 2. The summed E-state index contributed by atoms with van der Waals surface area (Å²) in [6.07, 6.45) is 5.58. The molecule has 1 saturated carbocycles. The summed E-state index contributed by atoms with van der Waals surface area (Å²) in [5.41, 5.74) is 9.41. The normalized spacial score (nSPS) is 24.7. The minimum absolute atomic E-state index is 0.134. The van der Waals surface area contributed by atoms with Gasteiger partial charge >= 0.3 is 6.09 Å². The van der Waals surface area contributed by atoms with Crippen LogP contribution in [-0.4, -0.2) is 75.1 Å². The summed E-state index contributed by atoms with van der Waals surface area (Å²) in [6, 6.07) is 8.15. The molecule has 1 saturated heterocycles. The molecule has 3 aliphatic rings. The number of anilines is 1. The number of halogens is 1. The molecular weight excluding hydrogens is 506 g/mol. The summed E-state index contributed by atoms with van der Waals surface area (Å²) in [5.74, 6) is 1.18. The van der Waals surface area contributed by atoms with Gasteiger partial charge in [0, 0.05) is 57.0 Å². The molecule has 11 heteroatoms. The third-order valence-corrected chi connectivity index (χ3v) is 8.16. The Morgan fingerprint density at radius 3 is 2.61 bits per heavy atom. The lowest BCUT2D eigenvalue weighted by Gasteiger charge is -2.34. The Morgan fingerprint density at radius 1 is 1.16 bits per heavy atom. The minimum Gasteiger partial charge on any atom is -0.444 e. The molecule has 4 N–H and O–H groups in total. The molecule has 3 heterocycles. The number of hydrogen-bond donors (Lipinski definition) is 3. The average molecular weight is 536 g/mol. The zero-order valence-corrected chi connectivity index (χ0v) is 21.8. The van der Waals surface area contributed by atoms with Crippen LogP contribution in [0.25, 0.3) is 22.6 Å². The monoisotopic (exact) mass is 535 g/mol. The highest BCUT2D eigenvalue weighted by Crippen LogP contribution is 2.44. The Bertz CT molecular complexity index is 1400. The molecule has 2 aliphatic carbocycles. The number of carbonyl (C=O) groups excluding carboxylic acids is 2. The fourth-order valence-corrected chi connectivity index (χ4v) is 6.08. The molecule has 0 radical (unpaired) electrons. The van der Waals surface area contributed by atoms with Gasteiger partial charge in [-0.25, -0.2) is 14.8 Å². The second kappa shape index (κ2) is 9.92. The first kappa shape index (κ1) is 24.7. The van der Waals surface area contributed by atoms with Crippen LogP contribution in [0.1, 0.15) is 18.9 Å². The number of aromatic nitrogens is 3. The van der Waals surface area contributed by atoms with Crippen molar-refractivity contribution >= 4 is 40.5 Å². The molecule has 1 aromatic carbocycles. The third-order valence-electron chi connectivity index (χ3n) is 7.88. The van der Waals surface area contributed by atoms with E-state index in [9.17, 15) is 9.59 Å². The average Bonchev–Trinajstić information content (AvgIpc) is 3.62. The smallest absolute Gasteiger partial charge is 0.404 e. The van der Waals surface area contributed by atoms with Gasteiger partial charge in [0.2, 0.25) is 5.91 Å². The molecule has 2 aromatic heterocycles. The Kier molecular flexibility index (Phi) is 6.45. The fraction of sp³-hybridized carbons (Fsp3) is 0.407. The second-order valence-corrected chi connectivity index (χ2v) is 10.7. The van der Waals surface area contributed by atoms with Gasteiger partial charge in [0.25, 0.3) is 0 Å². The summed E-state index contributed by atoms with van der Waals surface area (Å²) < 4.78 is 5.46. The number of fused-ring (bicyclic) bond motifs is 3. The van der Waals surface area contributed by atoms with E-state index in [1.807, 2.05) is 17.0 Å². The van der Waals surface area contributed by atoms with Crippen molar-refractivity contribution in [2.75, 3.05) is 31.5 Å². The predicted molar refractivity (Wildman–Crippen MR) is 144 cm³/mol. The van der Waals surface area contributed by atoms with Crippen LogP contribution in [-0.2, 0) is 16.1 Å². The topological polar surface area (TPSA) is 129 Å². The van der Waals surface area contributed by atoms with Gasteiger partial charge in [0.05, 0.1) is 22.9 Å². The number of pyridine rings is 1. The number of nitrogens with two attached hydrogens (primary N) is 1. The Labute approximate surface area is 225 Å². The van der Waals surface area contributed by atoms with Crippen LogP contribution in [0.5, 0.6) is 0 Å². The highest BCUT2D eigenvalue weighted by molar-refractivity contribution is 6.34. The molecule has 38 heavy (non-hydrogen) atoms. The summed E-state index contributed by atoms with van der Waals surface area (Å²) in [5, 5.41) is 3.97. The van der Waals surface area contributed by atoms with Crippen LogP contribution in [0, 0.1) is 11.8 Å². The number of aromatic amines is 1. The SMILES string of the molecule is CC(=O)N1CCN(Cc2ccc(-c3nc4ncc(Cl)c(N[C@H]5[C@@H](OC(N)=O)[C@@H]6C=C[C@H]5C6)c4[nH]3)cc2)CC1. The van der Waals surface area contributed by atoms with Crippen molar-refractivity contribution in [1.82, 2.24) is 24.8 Å². The number of nitrogens with one attached hydrogen (secondary N) is 2. The molecule has 2 bridgehead atoms. The van der Waals surface area contributed by atoms with E-state index in [1.165, 1.54) is 5.56 Å². The highest BCUT2D eigenvalue weighted by atomic mass is 35.5. The number of nitrogens with zero attached hydrogens (tertiary/aromatic N) is 4. The van der Waals surface area contributed by atoms with E-state index in [0.717, 1.165) is 44.7 Å². The Morgan fingerprint density at radius 2 is 1.89 bits per heavy atom. The highest BCUT2D eigenvalue weighted by Gasteiger charge is 2.47. The number of imidazole rings is 1. The van der Waals surface area contributed by atoms with E-state index < -0.39 is 6.09 Å². The van der Waals surface area contributed by atoms with Crippen LogP contribution < -0.4 is 11.1 Å². The summed E-state index contributed by atoms with van der Waals surface area (Å²) in [6.45, 7) is 5.75. The van der Waals surface area contributed by atoms with Crippen LogP contribution in [0.3, 0.4) is 0 Å². The maximum Gasteiger partial charge on any atom is 0.404 e.